The van der Waals surface area contributed by atoms with Crippen LogP contribution in [0.15, 0.2) is 36.7 Å². The zero-order valence-electron chi connectivity index (χ0n) is 12.1. The first-order chi connectivity index (χ1) is 9.22. The summed E-state index contributed by atoms with van der Waals surface area (Å²) in [5.74, 6) is 1.62. The first kappa shape index (κ1) is 13.7. The second-order valence-corrected chi connectivity index (χ2v) is 5.13. The largest absolute Gasteiger partial charge is 0.378 e. The molecule has 19 heavy (non-hydrogen) atoms. The van der Waals surface area contributed by atoms with Gasteiger partial charge in [0.25, 0.3) is 0 Å². The van der Waals surface area contributed by atoms with Gasteiger partial charge in [0.05, 0.1) is 6.54 Å². The third-order valence-corrected chi connectivity index (χ3v) is 3.29. The maximum atomic E-state index is 4.42. The van der Waals surface area contributed by atoms with Gasteiger partial charge in [-0.05, 0) is 24.0 Å². The summed E-state index contributed by atoms with van der Waals surface area (Å²) in [6.45, 7) is 8.43. The van der Waals surface area contributed by atoms with Gasteiger partial charge < -0.3 is 9.88 Å². The molecule has 0 aliphatic carbocycles. The number of para-hydroxylation sites is 1. The number of hydrogen-bond acceptors (Lipinski definition) is 2. The van der Waals surface area contributed by atoms with E-state index in [0.29, 0.717) is 5.92 Å². The molecule has 1 N–H and O–H groups in total. The Morgan fingerprint density at radius 1 is 1.26 bits per heavy atom. The summed E-state index contributed by atoms with van der Waals surface area (Å²) in [6, 6.07) is 8.50. The monoisotopic (exact) mass is 257 g/mol. The molecule has 0 atom stereocenters. The van der Waals surface area contributed by atoms with Gasteiger partial charge in [-0.2, -0.15) is 0 Å². The van der Waals surface area contributed by atoms with E-state index in [1.807, 2.05) is 6.20 Å². The predicted octanol–water partition coefficient (Wildman–Crippen LogP) is 4.03. The van der Waals surface area contributed by atoms with E-state index in [-0.39, 0.29) is 0 Å². The van der Waals surface area contributed by atoms with E-state index in [0.717, 1.165) is 25.3 Å². The van der Waals surface area contributed by atoms with E-state index >= 15 is 0 Å². The van der Waals surface area contributed by atoms with Crippen LogP contribution in [0, 0.1) is 0 Å². The van der Waals surface area contributed by atoms with E-state index in [1.54, 1.807) is 0 Å². The molecule has 2 rings (SSSR count). The number of aromatic nitrogens is 2. The number of nitrogens with zero attached hydrogens (tertiary/aromatic N) is 2. The highest BCUT2D eigenvalue weighted by Crippen LogP contribution is 2.23. The van der Waals surface area contributed by atoms with Gasteiger partial charge in [0.15, 0.2) is 0 Å². The summed E-state index contributed by atoms with van der Waals surface area (Å²) < 4.78 is 2.21. The predicted molar refractivity (Wildman–Crippen MR) is 80.4 cm³/mol. The number of nitrogens with one attached hydrogen (secondary N) is 1. The fourth-order valence-corrected chi connectivity index (χ4v) is 2.29. The van der Waals surface area contributed by atoms with Crippen LogP contribution < -0.4 is 5.32 Å². The lowest BCUT2D eigenvalue weighted by atomic mass is 10.0. The van der Waals surface area contributed by atoms with Crippen molar-refractivity contribution in [2.24, 2.45) is 0 Å². The standard InChI is InChI=1S/C16H23N3/c1-4-10-19-11-9-17-16(19)12-18-15-8-6-5-7-14(15)13(2)3/h5-9,11,13,18H,4,10,12H2,1-3H3. The molecule has 3 heteroatoms. The summed E-state index contributed by atoms with van der Waals surface area (Å²) in [5.41, 5.74) is 2.57. The lowest BCUT2D eigenvalue weighted by Crippen LogP contribution is -2.09. The molecule has 0 radical (unpaired) electrons. The van der Waals surface area contributed by atoms with Crippen LogP contribution in [0.2, 0.25) is 0 Å². The fourth-order valence-electron chi connectivity index (χ4n) is 2.29. The van der Waals surface area contributed by atoms with Gasteiger partial charge in [-0.15, -0.1) is 0 Å². The Bertz CT molecular complexity index is 514. The van der Waals surface area contributed by atoms with E-state index < -0.39 is 0 Å². The quantitative estimate of drug-likeness (QED) is 0.846. The van der Waals surface area contributed by atoms with Crippen LogP contribution in [0.5, 0.6) is 0 Å². The van der Waals surface area contributed by atoms with Crippen molar-refractivity contribution in [1.29, 1.82) is 0 Å². The van der Waals surface area contributed by atoms with Crippen LogP contribution in [0.3, 0.4) is 0 Å². The second-order valence-electron chi connectivity index (χ2n) is 5.13. The first-order valence-electron chi connectivity index (χ1n) is 7.05. The molecule has 0 saturated heterocycles. The number of imidazole rings is 1. The van der Waals surface area contributed by atoms with Crippen molar-refractivity contribution in [3.8, 4) is 0 Å². The highest BCUT2D eigenvalue weighted by atomic mass is 15.1. The summed E-state index contributed by atoms with van der Waals surface area (Å²) in [7, 11) is 0. The number of hydrogen-bond donors (Lipinski definition) is 1. The van der Waals surface area contributed by atoms with E-state index in [4.69, 9.17) is 0 Å². The van der Waals surface area contributed by atoms with Crippen molar-refractivity contribution in [3.63, 3.8) is 0 Å². The van der Waals surface area contributed by atoms with Crippen molar-refractivity contribution < 1.29 is 0 Å². The number of rotatable bonds is 6. The van der Waals surface area contributed by atoms with Crippen LogP contribution >= 0.6 is 0 Å². The topological polar surface area (TPSA) is 29.9 Å². The highest BCUT2D eigenvalue weighted by molar-refractivity contribution is 5.52. The molecule has 3 nitrogen and oxygen atoms in total. The second kappa shape index (κ2) is 6.41. The van der Waals surface area contributed by atoms with Gasteiger partial charge >= 0.3 is 0 Å². The first-order valence-corrected chi connectivity index (χ1v) is 7.05. The lowest BCUT2D eigenvalue weighted by Gasteiger charge is -2.15. The molecular weight excluding hydrogens is 234 g/mol. The smallest absolute Gasteiger partial charge is 0.128 e. The van der Waals surface area contributed by atoms with Crippen LogP contribution in [0.1, 0.15) is 44.5 Å². The maximum absolute atomic E-state index is 4.42. The van der Waals surface area contributed by atoms with Gasteiger partial charge in [0, 0.05) is 24.6 Å². The van der Waals surface area contributed by atoms with Gasteiger partial charge in [-0.1, -0.05) is 39.0 Å². The highest BCUT2D eigenvalue weighted by Gasteiger charge is 2.07. The Balaban J connectivity index is 2.08. The van der Waals surface area contributed by atoms with Crippen molar-refractivity contribution >= 4 is 5.69 Å². The van der Waals surface area contributed by atoms with Gasteiger partial charge in [-0.25, -0.2) is 4.98 Å². The van der Waals surface area contributed by atoms with Crippen LogP contribution in [0.25, 0.3) is 0 Å². The van der Waals surface area contributed by atoms with Crippen LogP contribution in [-0.4, -0.2) is 9.55 Å². The summed E-state index contributed by atoms with van der Waals surface area (Å²) in [6.07, 6.45) is 5.06. The normalized spacial score (nSPS) is 10.9. The Hall–Kier alpha value is -1.77. The van der Waals surface area contributed by atoms with Gasteiger partial charge in [-0.3, -0.25) is 0 Å². The maximum Gasteiger partial charge on any atom is 0.128 e. The Labute approximate surface area is 115 Å². The van der Waals surface area contributed by atoms with Crippen LogP contribution in [0.4, 0.5) is 5.69 Å². The summed E-state index contributed by atoms with van der Waals surface area (Å²) in [5, 5.41) is 3.51. The molecule has 0 fully saturated rings. The lowest BCUT2D eigenvalue weighted by molar-refractivity contribution is 0.644. The number of benzene rings is 1. The minimum absolute atomic E-state index is 0.527. The summed E-state index contributed by atoms with van der Waals surface area (Å²) >= 11 is 0. The molecule has 102 valence electrons. The average molecular weight is 257 g/mol. The van der Waals surface area contributed by atoms with Crippen molar-refractivity contribution in [2.75, 3.05) is 5.32 Å². The number of anilines is 1. The zero-order valence-corrected chi connectivity index (χ0v) is 12.1. The SMILES string of the molecule is CCCn1ccnc1CNc1ccccc1C(C)C. The molecule has 1 aromatic carbocycles. The molecule has 0 unspecified atom stereocenters. The molecule has 2 aromatic rings. The van der Waals surface area contributed by atoms with Crippen molar-refractivity contribution in [1.82, 2.24) is 9.55 Å². The minimum Gasteiger partial charge on any atom is -0.378 e. The van der Waals surface area contributed by atoms with E-state index in [9.17, 15) is 0 Å². The Morgan fingerprint density at radius 3 is 2.79 bits per heavy atom. The van der Waals surface area contributed by atoms with Gasteiger partial charge in [0.1, 0.15) is 5.82 Å². The Morgan fingerprint density at radius 2 is 2.05 bits per heavy atom. The van der Waals surface area contributed by atoms with Crippen molar-refractivity contribution in [3.05, 3.63) is 48.0 Å². The third kappa shape index (κ3) is 3.37. The molecule has 0 aliphatic rings. The molecule has 0 aliphatic heterocycles. The van der Waals surface area contributed by atoms with E-state index in [1.165, 1.54) is 11.3 Å². The minimum atomic E-state index is 0.527. The summed E-state index contributed by atoms with van der Waals surface area (Å²) in [4.78, 5) is 4.42. The molecule has 1 heterocycles. The van der Waals surface area contributed by atoms with Crippen molar-refractivity contribution in [2.45, 2.75) is 46.2 Å². The third-order valence-electron chi connectivity index (χ3n) is 3.29. The Kier molecular flexibility index (Phi) is 4.61. The molecule has 0 bridgehead atoms. The van der Waals surface area contributed by atoms with Gasteiger partial charge in [0.2, 0.25) is 0 Å². The fraction of sp³-hybridized carbons (Fsp3) is 0.438. The molecule has 0 saturated carbocycles. The molecule has 0 spiro atoms. The van der Waals surface area contributed by atoms with E-state index in [2.05, 4.69) is 66.1 Å². The van der Waals surface area contributed by atoms with Crippen LogP contribution in [-0.2, 0) is 13.1 Å². The molecule has 0 amide bonds. The zero-order chi connectivity index (χ0) is 13.7. The molecule has 1 aromatic heterocycles. The average Bonchev–Trinajstić information content (AvgIpc) is 2.84. The number of aryl methyl sites for hydroxylation is 1. The molecular formula is C16H23N3.